The summed E-state index contributed by atoms with van der Waals surface area (Å²) in [6.07, 6.45) is 2.35. The summed E-state index contributed by atoms with van der Waals surface area (Å²) in [5.74, 6) is 0.551. The van der Waals surface area contributed by atoms with Gasteiger partial charge in [-0.2, -0.15) is 0 Å². The standard InChI is InChI=1S/C19H21ClN2O/c1-22(13-16-9-5-6-10-17(16)20)19(23)21-18(15-11-12-15)14-7-3-2-4-8-14/h2-10,15,18H,11-13H2,1H3,(H,21,23). The average molecular weight is 329 g/mol. The van der Waals surface area contributed by atoms with Crippen LogP contribution in [0.5, 0.6) is 0 Å². The first-order chi connectivity index (χ1) is 11.1. The second-order valence-corrected chi connectivity index (χ2v) is 6.53. The van der Waals surface area contributed by atoms with Crippen LogP contribution in [0.2, 0.25) is 5.02 Å². The van der Waals surface area contributed by atoms with Crippen molar-refractivity contribution in [3.63, 3.8) is 0 Å². The van der Waals surface area contributed by atoms with Crippen LogP contribution in [0.3, 0.4) is 0 Å². The number of nitrogens with one attached hydrogen (secondary N) is 1. The van der Waals surface area contributed by atoms with E-state index >= 15 is 0 Å². The van der Waals surface area contributed by atoms with Crippen LogP contribution in [0.25, 0.3) is 0 Å². The van der Waals surface area contributed by atoms with Crippen molar-refractivity contribution in [2.45, 2.75) is 25.4 Å². The highest BCUT2D eigenvalue weighted by Gasteiger charge is 2.33. The maximum Gasteiger partial charge on any atom is 0.317 e. The number of urea groups is 1. The van der Waals surface area contributed by atoms with E-state index in [2.05, 4.69) is 17.4 Å². The fourth-order valence-corrected chi connectivity index (χ4v) is 2.96. The third-order valence-electron chi connectivity index (χ3n) is 4.24. The molecule has 0 aliphatic heterocycles. The number of carbonyl (C=O) groups excluding carboxylic acids is 1. The second kappa shape index (κ2) is 7.05. The highest BCUT2D eigenvalue weighted by molar-refractivity contribution is 6.31. The molecule has 23 heavy (non-hydrogen) atoms. The van der Waals surface area contributed by atoms with Crippen LogP contribution in [-0.2, 0) is 6.54 Å². The molecule has 0 bridgehead atoms. The zero-order chi connectivity index (χ0) is 16.2. The van der Waals surface area contributed by atoms with Gasteiger partial charge in [0.2, 0.25) is 0 Å². The number of hydrogen-bond acceptors (Lipinski definition) is 1. The lowest BCUT2D eigenvalue weighted by Crippen LogP contribution is -2.39. The summed E-state index contributed by atoms with van der Waals surface area (Å²) in [6, 6.07) is 17.8. The SMILES string of the molecule is CN(Cc1ccccc1Cl)C(=O)NC(c1ccccc1)C1CC1. The van der Waals surface area contributed by atoms with E-state index in [9.17, 15) is 4.79 Å². The van der Waals surface area contributed by atoms with Crippen molar-refractivity contribution in [1.29, 1.82) is 0 Å². The predicted molar refractivity (Wildman–Crippen MR) is 93.4 cm³/mol. The van der Waals surface area contributed by atoms with Crippen molar-refractivity contribution < 1.29 is 4.79 Å². The normalized spacial score (nSPS) is 15.0. The van der Waals surface area contributed by atoms with Gasteiger partial charge in [-0.1, -0.05) is 60.1 Å². The van der Waals surface area contributed by atoms with Gasteiger partial charge in [-0.3, -0.25) is 0 Å². The molecular weight excluding hydrogens is 308 g/mol. The first-order valence-electron chi connectivity index (χ1n) is 7.95. The quantitative estimate of drug-likeness (QED) is 0.852. The van der Waals surface area contributed by atoms with Gasteiger partial charge < -0.3 is 10.2 Å². The maximum atomic E-state index is 12.5. The molecule has 1 fully saturated rings. The van der Waals surface area contributed by atoms with E-state index in [1.807, 2.05) is 42.5 Å². The summed E-state index contributed by atoms with van der Waals surface area (Å²) in [5, 5.41) is 3.87. The Morgan fingerprint density at radius 2 is 1.83 bits per heavy atom. The molecule has 0 saturated heterocycles. The first kappa shape index (κ1) is 15.9. The van der Waals surface area contributed by atoms with Crippen LogP contribution < -0.4 is 5.32 Å². The Bertz CT molecular complexity index is 670. The molecule has 1 aliphatic carbocycles. The van der Waals surface area contributed by atoms with Crippen molar-refractivity contribution in [3.05, 3.63) is 70.7 Å². The van der Waals surface area contributed by atoms with E-state index in [1.165, 1.54) is 18.4 Å². The highest BCUT2D eigenvalue weighted by Crippen LogP contribution is 2.41. The third-order valence-corrected chi connectivity index (χ3v) is 4.61. The van der Waals surface area contributed by atoms with Gasteiger partial charge in [0.15, 0.2) is 0 Å². The number of nitrogens with zero attached hydrogens (tertiary/aromatic N) is 1. The van der Waals surface area contributed by atoms with Gasteiger partial charge >= 0.3 is 6.03 Å². The van der Waals surface area contributed by atoms with E-state index in [0.717, 1.165) is 5.56 Å². The molecule has 3 nitrogen and oxygen atoms in total. The van der Waals surface area contributed by atoms with E-state index in [4.69, 9.17) is 11.6 Å². The Balaban J connectivity index is 1.66. The Hall–Kier alpha value is -2.00. The fourth-order valence-electron chi connectivity index (χ4n) is 2.76. The van der Waals surface area contributed by atoms with Crippen LogP contribution in [0.1, 0.15) is 30.0 Å². The monoisotopic (exact) mass is 328 g/mol. The largest absolute Gasteiger partial charge is 0.331 e. The van der Waals surface area contributed by atoms with Gasteiger partial charge in [0.05, 0.1) is 6.04 Å². The molecule has 1 N–H and O–H groups in total. The number of benzene rings is 2. The van der Waals surface area contributed by atoms with Crippen molar-refractivity contribution in [2.24, 2.45) is 5.92 Å². The van der Waals surface area contributed by atoms with Crippen molar-refractivity contribution in [1.82, 2.24) is 10.2 Å². The van der Waals surface area contributed by atoms with Gasteiger partial charge in [0.1, 0.15) is 0 Å². The van der Waals surface area contributed by atoms with Crippen LogP contribution in [-0.4, -0.2) is 18.0 Å². The Morgan fingerprint density at radius 3 is 2.48 bits per heavy atom. The van der Waals surface area contributed by atoms with Gasteiger partial charge in [0.25, 0.3) is 0 Å². The summed E-state index contributed by atoms with van der Waals surface area (Å²) >= 11 is 6.18. The maximum absolute atomic E-state index is 12.5. The smallest absolute Gasteiger partial charge is 0.317 e. The van der Waals surface area contributed by atoms with Gasteiger partial charge in [0, 0.05) is 18.6 Å². The third kappa shape index (κ3) is 4.05. The Morgan fingerprint density at radius 1 is 1.17 bits per heavy atom. The van der Waals surface area contributed by atoms with Gasteiger partial charge in [-0.25, -0.2) is 4.79 Å². The van der Waals surface area contributed by atoms with E-state index in [1.54, 1.807) is 11.9 Å². The van der Waals surface area contributed by atoms with Crippen molar-refractivity contribution >= 4 is 17.6 Å². The molecule has 2 aromatic carbocycles. The summed E-state index contributed by atoms with van der Waals surface area (Å²) in [5.41, 5.74) is 2.13. The molecule has 1 saturated carbocycles. The van der Waals surface area contributed by atoms with E-state index < -0.39 is 0 Å². The summed E-state index contributed by atoms with van der Waals surface area (Å²) in [7, 11) is 1.80. The minimum Gasteiger partial charge on any atom is -0.331 e. The summed E-state index contributed by atoms with van der Waals surface area (Å²) < 4.78 is 0. The molecule has 0 heterocycles. The number of amides is 2. The van der Waals surface area contributed by atoms with Gasteiger partial charge in [-0.05, 0) is 36.0 Å². The minimum atomic E-state index is -0.0642. The summed E-state index contributed by atoms with van der Waals surface area (Å²) in [6.45, 7) is 0.498. The van der Waals surface area contributed by atoms with Crippen LogP contribution in [0.4, 0.5) is 4.79 Å². The van der Waals surface area contributed by atoms with E-state index in [0.29, 0.717) is 17.5 Å². The Labute approximate surface area is 142 Å². The zero-order valence-electron chi connectivity index (χ0n) is 13.2. The molecule has 1 aliphatic rings. The average Bonchev–Trinajstić information content (AvgIpc) is 3.40. The topological polar surface area (TPSA) is 32.3 Å². The lowest BCUT2D eigenvalue weighted by Gasteiger charge is -2.24. The molecule has 0 spiro atoms. The zero-order valence-corrected chi connectivity index (χ0v) is 14.0. The van der Waals surface area contributed by atoms with Crippen molar-refractivity contribution in [3.8, 4) is 0 Å². The number of carbonyl (C=O) groups is 1. The van der Waals surface area contributed by atoms with Gasteiger partial charge in [-0.15, -0.1) is 0 Å². The Kier molecular flexibility index (Phi) is 4.87. The predicted octanol–water partition coefficient (Wildman–Crippen LogP) is 4.63. The van der Waals surface area contributed by atoms with Crippen molar-refractivity contribution in [2.75, 3.05) is 7.05 Å². The molecule has 120 valence electrons. The minimum absolute atomic E-state index is 0.0642. The first-order valence-corrected chi connectivity index (χ1v) is 8.33. The second-order valence-electron chi connectivity index (χ2n) is 6.12. The molecule has 1 atom stereocenters. The number of rotatable bonds is 5. The highest BCUT2D eigenvalue weighted by atomic mass is 35.5. The molecular formula is C19H21ClN2O. The number of hydrogen-bond donors (Lipinski definition) is 1. The molecule has 0 radical (unpaired) electrons. The van der Waals surface area contributed by atoms with E-state index in [-0.39, 0.29) is 12.1 Å². The van der Waals surface area contributed by atoms with Crippen LogP contribution in [0, 0.1) is 5.92 Å². The van der Waals surface area contributed by atoms with Crippen LogP contribution in [0.15, 0.2) is 54.6 Å². The fraction of sp³-hybridized carbons (Fsp3) is 0.316. The molecule has 1 unspecified atom stereocenters. The molecule has 2 amide bonds. The molecule has 3 rings (SSSR count). The lowest BCUT2D eigenvalue weighted by molar-refractivity contribution is 0.201. The molecule has 4 heteroatoms. The molecule has 0 aromatic heterocycles. The lowest BCUT2D eigenvalue weighted by atomic mass is 10.0. The van der Waals surface area contributed by atoms with Crippen LogP contribution >= 0.6 is 11.6 Å². The summed E-state index contributed by atoms with van der Waals surface area (Å²) in [4.78, 5) is 14.2. The number of halogens is 1. The molecule has 2 aromatic rings.